The van der Waals surface area contributed by atoms with Crippen LogP contribution in [-0.4, -0.2) is 5.78 Å². The van der Waals surface area contributed by atoms with E-state index in [0.29, 0.717) is 5.92 Å². The third-order valence-electron chi connectivity index (χ3n) is 5.07. The number of hydrogen-bond acceptors (Lipinski definition) is 1. The molecule has 0 heterocycles. The first-order valence-electron chi connectivity index (χ1n) is 9.40. The lowest BCUT2D eigenvalue weighted by atomic mass is 9.77. The Kier molecular flexibility index (Phi) is 5.11. The van der Waals surface area contributed by atoms with E-state index in [-0.39, 0.29) is 5.78 Å². The highest BCUT2D eigenvalue weighted by Crippen LogP contribution is 2.38. The first-order chi connectivity index (χ1) is 13.3. The minimum Gasteiger partial charge on any atom is -0.289 e. The molecule has 0 spiro atoms. The van der Waals surface area contributed by atoms with Gasteiger partial charge < -0.3 is 0 Å². The summed E-state index contributed by atoms with van der Waals surface area (Å²) >= 11 is 0. The Balaban J connectivity index is 1.74. The van der Waals surface area contributed by atoms with Crippen molar-refractivity contribution in [2.24, 2.45) is 0 Å². The molecule has 4 rings (SSSR count). The molecule has 0 aliphatic heterocycles. The van der Waals surface area contributed by atoms with Gasteiger partial charge in [0.2, 0.25) is 0 Å². The molecule has 0 amide bonds. The Morgan fingerprint density at radius 3 is 1.44 bits per heavy atom. The molecule has 132 valence electrons. The summed E-state index contributed by atoms with van der Waals surface area (Å²) in [6.07, 6.45) is 5.67. The fourth-order valence-corrected chi connectivity index (χ4v) is 3.71. The van der Waals surface area contributed by atoms with E-state index in [1.54, 1.807) is 0 Å². The smallest absolute Gasteiger partial charge is 0.185 e. The minimum absolute atomic E-state index is 0.176. The van der Waals surface area contributed by atoms with Gasteiger partial charge in [-0.3, -0.25) is 4.79 Å². The average Bonchev–Trinajstić information content (AvgIpc) is 2.73. The second-order valence-electron chi connectivity index (χ2n) is 7.01. The van der Waals surface area contributed by atoms with E-state index < -0.39 is 0 Å². The van der Waals surface area contributed by atoms with Crippen molar-refractivity contribution in [1.82, 2.24) is 0 Å². The average molecular weight is 350 g/mol. The summed E-state index contributed by atoms with van der Waals surface area (Å²) in [4.78, 5) is 13.2. The second-order valence-corrected chi connectivity index (χ2v) is 7.01. The maximum atomic E-state index is 13.2. The lowest BCUT2D eigenvalue weighted by Gasteiger charge is -2.26. The van der Waals surface area contributed by atoms with Gasteiger partial charge in [0.25, 0.3) is 0 Å². The molecule has 3 aromatic carbocycles. The maximum Gasteiger partial charge on any atom is 0.185 e. The van der Waals surface area contributed by atoms with Gasteiger partial charge in [-0.05, 0) is 47.6 Å². The SMILES string of the molecule is O=C1/C(=C\c2ccccc2)CC(c2ccccc2)C/C1=C/c1ccccc1. The van der Waals surface area contributed by atoms with Crippen molar-refractivity contribution in [3.05, 3.63) is 119 Å². The van der Waals surface area contributed by atoms with Gasteiger partial charge in [-0.1, -0.05) is 91.0 Å². The van der Waals surface area contributed by atoms with E-state index in [1.165, 1.54) is 5.56 Å². The quantitative estimate of drug-likeness (QED) is 0.507. The maximum absolute atomic E-state index is 13.2. The van der Waals surface area contributed by atoms with Crippen molar-refractivity contribution in [3.8, 4) is 0 Å². The van der Waals surface area contributed by atoms with Crippen LogP contribution in [0, 0.1) is 0 Å². The summed E-state index contributed by atoms with van der Waals surface area (Å²) in [6.45, 7) is 0. The van der Waals surface area contributed by atoms with Gasteiger partial charge in [0, 0.05) is 11.1 Å². The third-order valence-corrected chi connectivity index (χ3v) is 5.07. The fourth-order valence-electron chi connectivity index (χ4n) is 3.71. The molecule has 0 N–H and O–H groups in total. The van der Waals surface area contributed by atoms with Crippen molar-refractivity contribution in [3.63, 3.8) is 0 Å². The number of hydrogen-bond donors (Lipinski definition) is 0. The molecule has 0 saturated heterocycles. The normalized spacial score (nSPS) is 20.1. The van der Waals surface area contributed by atoms with Crippen LogP contribution in [0.15, 0.2) is 102 Å². The van der Waals surface area contributed by atoms with Crippen LogP contribution in [0.2, 0.25) is 0 Å². The van der Waals surface area contributed by atoms with Crippen LogP contribution in [0.3, 0.4) is 0 Å². The molecule has 1 heteroatoms. The number of allylic oxidation sites excluding steroid dienone is 2. The van der Waals surface area contributed by atoms with Gasteiger partial charge in [-0.25, -0.2) is 0 Å². The molecule has 0 atom stereocenters. The molecular formula is C26H22O. The molecular weight excluding hydrogens is 328 g/mol. The van der Waals surface area contributed by atoms with Crippen molar-refractivity contribution in [1.29, 1.82) is 0 Å². The lowest BCUT2D eigenvalue weighted by Crippen LogP contribution is -2.19. The number of benzene rings is 3. The first-order valence-corrected chi connectivity index (χ1v) is 9.40. The zero-order valence-corrected chi connectivity index (χ0v) is 15.2. The Hall–Kier alpha value is -3.19. The Morgan fingerprint density at radius 1 is 0.593 bits per heavy atom. The van der Waals surface area contributed by atoms with Crippen molar-refractivity contribution >= 4 is 17.9 Å². The Morgan fingerprint density at radius 2 is 1.00 bits per heavy atom. The van der Waals surface area contributed by atoms with E-state index in [0.717, 1.165) is 35.1 Å². The van der Waals surface area contributed by atoms with Crippen LogP contribution >= 0.6 is 0 Å². The largest absolute Gasteiger partial charge is 0.289 e. The zero-order valence-electron chi connectivity index (χ0n) is 15.2. The molecule has 1 saturated carbocycles. The van der Waals surface area contributed by atoms with Crippen molar-refractivity contribution < 1.29 is 4.79 Å². The topological polar surface area (TPSA) is 17.1 Å². The fraction of sp³-hybridized carbons (Fsp3) is 0.115. The first kappa shape index (κ1) is 17.2. The summed E-state index contributed by atoms with van der Waals surface area (Å²) < 4.78 is 0. The third kappa shape index (κ3) is 4.15. The van der Waals surface area contributed by atoms with Gasteiger partial charge in [-0.15, -0.1) is 0 Å². The number of carbonyl (C=O) groups is 1. The number of ketones is 1. The standard InChI is InChI=1S/C26H22O/c27-26-24(16-20-10-4-1-5-11-20)18-23(22-14-8-3-9-15-22)19-25(26)17-21-12-6-2-7-13-21/h1-17,23H,18-19H2/b24-16-,25-17-. The van der Waals surface area contributed by atoms with Crippen molar-refractivity contribution in [2.75, 3.05) is 0 Å². The molecule has 27 heavy (non-hydrogen) atoms. The molecule has 0 unspecified atom stereocenters. The highest BCUT2D eigenvalue weighted by molar-refractivity contribution is 6.14. The van der Waals surface area contributed by atoms with Crippen LogP contribution in [0.4, 0.5) is 0 Å². The van der Waals surface area contributed by atoms with E-state index >= 15 is 0 Å². The molecule has 0 radical (unpaired) electrons. The van der Waals surface area contributed by atoms with E-state index in [4.69, 9.17) is 0 Å². The second kappa shape index (κ2) is 8.01. The van der Waals surface area contributed by atoms with Gasteiger partial charge >= 0.3 is 0 Å². The predicted octanol–water partition coefficient (Wildman–Crippen LogP) is 6.30. The summed E-state index contributed by atoms with van der Waals surface area (Å²) in [7, 11) is 0. The summed E-state index contributed by atoms with van der Waals surface area (Å²) in [5, 5.41) is 0. The van der Waals surface area contributed by atoms with Crippen LogP contribution in [0.5, 0.6) is 0 Å². The van der Waals surface area contributed by atoms with Gasteiger partial charge in [0.15, 0.2) is 5.78 Å². The number of carbonyl (C=O) groups excluding carboxylic acids is 1. The molecule has 1 aliphatic rings. The van der Waals surface area contributed by atoms with Crippen LogP contribution in [-0.2, 0) is 4.79 Å². The van der Waals surface area contributed by atoms with Gasteiger partial charge in [0.05, 0.1) is 0 Å². The molecule has 3 aromatic rings. The lowest BCUT2D eigenvalue weighted by molar-refractivity contribution is -0.113. The predicted molar refractivity (Wildman–Crippen MR) is 112 cm³/mol. The minimum atomic E-state index is 0.176. The molecule has 0 bridgehead atoms. The molecule has 1 fully saturated rings. The van der Waals surface area contributed by atoms with Gasteiger partial charge in [0.1, 0.15) is 0 Å². The zero-order chi connectivity index (χ0) is 18.5. The summed E-state index contributed by atoms with van der Waals surface area (Å²) in [5.41, 5.74) is 5.23. The highest BCUT2D eigenvalue weighted by atomic mass is 16.1. The molecule has 1 aliphatic carbocycles. The van der Waals surface area contributed by atoms with E-state index in [9.17, 15) is 4.79 Å². The monoisotopic (exact) mass is 350 g/mol. The van der Waals surface area contributed by atoms with Crippen LogP contribution in [0.25, 0.3) is 12.2 Å². The van der Waals surface area contributed by atoms with Crippen LogP contribution < -0.4 is 0 Å². The molecule has 0 aromatic heterocycles. The van der Waals surface area contributed by atoms with Gasteiger partial charge in [-0.2, -0.15) is 0 Å². The number of rotatable bonds is 3. The Bertz CT molecular complexity index is 905. The Labute approximate surface area is 160 Å². The summed E-state index contributed by atoms with van der Waals surface area (Å²) in [6, 6.07) is 30.8. The van der Waals surface area contributed by atoms with Crippen LogP contribution in [0.1, 0.15) is 35.4 Å². The molecule has 1 nitrogen and oxygen atoms in total. The highest BCUT2D eigenvalue weighted by Gasteiger charge is 2.28. The van der Waals surface area contributed by atoms with Crippen molar-refractivity contribution in [2.45, 2.75) is 18.8 Å². The van der Waals surface area contributed by atoms with E-state index in [2.05, 4.69) is 36.4 Å². The number of Topliss-reactive ketones (excluding diaryl/α,β-unsaturated/α-hetero) is 1. The van der Waals surface area contributed by atoms with E-state index in [1.807, 2.05) is 66.7 Å². The summed E-state index contributed by atoms with van der Waals surface area (Å²) in [5.74, 6) is 0.503.